The van der Waals surface area contributed by atoms with Gasteiger partial charge in [-0.2, -0.15) is 0 Å². The zero-order valence-electron chi connectivity index (χ0n) is 11.1. The average molecular weight is 254 g/mol. The molecule has 0 spiro atoms. The fourth-order valence-corrected chi connectivity index (χ4v) is 2.56. The van der Waals surface area contributed by atoms with Crippen LogP contribution in [0.1, 0.15) is 42.6 Å². The van der Waals surface area contributed by atoms with Gasteiger partial charge in [-0.1, -0.05) is 37.6 Å². The maximum atomic E-state index is 10.1. The molecule has 0 radical (unpaired) electrons. The molecule has 0 aliphatic carbocycles. The SMILES string of the molecule is CCCC(O)c1ccc2c(c1)Cc1ccccc1O2. The summed E-state index contributed by atoms with van der Waals surface area (Å²) in [6.45, 7) is 2.08. The second kappa shape index (κ2) is 5.06. The molecule has 1 atom stereocenters. The monoisotopic (exact) mass is 254 g/mol. The van der Waals surface area contributed by atoms with Gasteiger partial charge in [0.25, 0.3) is 0 Å². The molecule has 2 aromatic carbocycles. The standard InChI is InChI=1S/C17H18O2/c1-2-5-15(18)12-8-9-17-14(10-12)11-13-6-3-4-7-16(13)19-17/h3-4,6-10,15,18H,2,5,11H2,1H3. The van der Waals surface area contributed by atoms with Crippen molar-refractivity contribution in [3.05, 3.63) is 59.2 Å². The van der Waals surface area contributed by atoms with Gasteiger partial charge in [-0.05, 0) is 41.3 Å². The molecule has 0 amide bonds. The average Bonchev–Trinajstić information content (AvgIpc) is 2.44. The summed E-state index contributed by atoms with van der Waals surface area (Å²) in [5, 5.41) is 10.1. The maximum absolute atomic E-state index is 10.1. The zero-order valence-corrected chi connectivity index (χ0v) is 11.1. The molecule has 2 nitrogen and oxygen atoms in total. The summed E-state index contributed by atoms with van der Waals surface area (Å²) in [5.41, 5.74) is 3.35. The Morgan fingerprint density at radius 1 is 1.11 bits per heavy atom. The highest BCUT2D eigenvalue weighted by molar-refractivity contribution is 5.50. The molecule has 1 aliphatic heterocycles. The van der Waals surface area contributed by atoms with Crippen molar-refractivity contribution in [2.24, 2.45) is 0 Å². The lowest BCUT2D eigenvalue weighted by atomic mass is 9.96. The Morgan fingerprint density at radius 2 is 1.89 bits per heavy atom. The van der Waals surface area contributed by atoms with Gasteiger partial charge in [0.2, 0.25) is 0 Å². The van der Waals surface area contributed by atoms with Crippen LogP contribution in [0.3, 0.4) is 0 Å². The molecule has 1 aliphatic rings. The topological polar surface area (TPSA) is 29.5 Å². The Labute approximate surface area is 113 Å². The number of aliphatic hydroxyl groups is 1. The van der Waals surface area contributed by atoms with E-state index in [0.29, 0.717) is 0 Å². The molecule has 98 valence electrons. The number of rotatable bonds is 3. The Morgan fingerprint density at radius 3 is 2.74 bits per heavy atom. The van der Waals surface area contributed by atoms with Crippen molar-refractivity contribution in [2.75, 3.05) is 0 Å². The van der Waals surface area contributed by atoms with Crippen molar-refractivity contribution in [3.8, 4) is 11.5 Å². The predicted octanol–water partition coefficient (Wildman–Crippen LogP) is 4.22. The number of aliphatic hydroxyl groups excluding tert-OH is 1. The van der Waals surface area contributed by atoms with Crippen molar-refractivity contribution in [2.45, 2.75) is 32.3 Å². The summed E-state index contributed by atoms with van der Waals surface area (Å²) in [6.07, 6.45) is 2.29. The van der Waals surface area contributed by atoms with E-state index in [4.69, 9.17) is 4.74 Å². The summed E-state index contributed by atoms with van der Waals surface area (Å²) in [4.78, 5) is 0. The molecule has 2 aromatic rings. The van der Waals surface area contributed by atoms with Crippen LogP contribution in [0.25, 0.3) is 0 Å². The molecule has 0 aromatic heterocycles. The summed E-state index contributed by atoms with van der Waals surface area (Å²) < 4.78 is 5.89. The largest absolute Gasteiger partial charge is 0.457 e. The van der Waals surface area contributed by atoms with Crippen molar-refractivity contribution >= 4 is 0 Å². The second-order valence-electron chi connectivity index (χ2n) is 5.06. The molecular weight excluding hydrogens is 236 g/mol. The smallest absolute Gasteiger partial charge is 0.130 e. The summed E-state index contributed by atoms with van der Waals surface area (Å²) >= 11 is 0. The molecule has 0 saturated carbocycles. The first-order valence-corrected chi connectivity index (χ1v) is 6.84. The van der Waals surface area contributed by atoms with Gasteiger partial charge < -0.3 is 9.84 Å². The number of para-hydroxylation sites is 1. The third-order valence-electron chi connectivity index (χ3n) is 3.60. The van der Waals surface area contributed by atoms with Gasteiger partial charge in [-0.15, -0.1) is 0 Å². The lowest BCUT2D eigenvalue weighted by Crippen LogP contribution is -2.05. The lowest BCUT2D eigenvalue weighted by molar-refractivity contribution is 0.166. The Balaban J connectivity index is 1.92. The highest BCUT2D eigenvalue weighted by Gasteiger charge is 2.18. The highest BCUT2D eigenvalue weighted by atomic mass is 16.5. The van der Waals surface area contributed by atoms with Crippen LogP contribution in [-0.4, -0.2) is 5.11 Å². The highest BCUT2D eigenvalue weighted by Crippen LogP contribution is 2.37. The maximum Gasteiger partial charge on any atom is 0.130 e. The third kappa shape index (κ3) is 2.36. The first kappa shape index (κ1) is 12.2. The molecule has 2 heteroatoms. The summed E-state index contributed by atoms with van der Waals surface area (Å²) in [7, 11) is 0. The third-order valence-corrected chi connectivity index (χ3v) is 3.60. The fourth-order valence-electron chi connectivity index (χ4n) is 2.56. The van der Waals surface area contributed by atoms with Gasteiger partial charge in [-0.3, -0.25) is 0 Å². The summed E-state index contributed by atoms with van der Waals surface area (Å²) in [5.74, 6) is 1.85. The van der Waals surface area contributed by atoms with Gasteiger partial charge in [0.15, 0.2) is 0 Å². The molecule has 0 fully saturated rings. The Bertz CT molecular complexity index is 590. The first-order chi connectivity index (χ1) is 9.28. The molecule has 1 N–H and O–H groups in total. The lowest BCUT2D eigenvalue weighted by Gasteiger charge is -2.21. The van der Waals surface area contributed by atoms with Crippen molar-refractivity contribution < 1.29 is 9.84 Å². The minimum absolute atomic E-state index is 0.368. The van der Waals surface area contributed by atoms with E-state index >= 15 is 0 Å². The van der Waals surface area contributed by atoms with Crippen LogP contribution in [0.2, 0.25) is 0 Å². The van der Waals surface area contributed by atoms with Crippen LogP contribution in [0.4, 0.5) is 0 Å². The number of ether oxygens (including phenoxy) is 1. The van der Waals surface area contributed by atoms with Gasteiger partial charge in [0, 0.05) is 6.42 Å². The predicted molar refractivity (Wildman–Crippen MR) is 75.6 cm³/mol. The van der Waals surface area contributed by atoms with E-state index < -0.39 is 0 Å². The quantitative estimate of drug-likeness (QED) is 0.758. The minimum Gasteiger partial charge on any atom is -0.457 e. The van der Waals surface area contributed by atoms with Crippen LogP contribution in [0.15, 0.2) is 42.5 Å². The number of benzene rings is 2. The van der Waals surface area contributed by atoms with E-state index in [1.807, 2.05) is 30.3 Å². The van der Waals surface area contributed by atoms with Gasteiger partial charge in [0.1, 0.15) is 11.5 Å². The van der Waals surface area contributed by atoms with Gasteiger partial charge >= 0.3 is 0 Å². The van der Waals surface area contributed by atoms with Crippen LogP contribution in [0, 0.1) is 0 Å². The van der Waals surface area contributed by atoms with E-state index in [9.17, 15) is 5.11 Å². The number of hydrogen-bond donors (Lipinski definition) is 1. The van der Waals surface area contributed by atoms with E-state index in [0.717, 1.165) is 41.9 Å². The van der Waals surface area contributed by atoms with Crippen molar-refractivity contribution in [1.29, 1.82) is 0 Å². The Hall–Kier alpha value is -1.80. The molecule has 0 bridgehead atoms. The van der Waals surface area contributed by atoms with Gasteiger partial charge in [0.05, 0.1) is 6.10 Å². The van der Waals surface area contributed by atoms with Crippen molar-refractivity contribution in [1.82, 2.24) is 0 Å². The fraction of sp³-hybridized carbons (Fsp3) is 0.294. The zero-order chi connectivity index (χ0) is 13.2. The normalized spacial score (nSPS) is 14.2. The molecular formula is C17H18O2. The van der Waals surface area contributed by atoms with E-state index in [-0.39, 0.29) is 6.10 Å². The molecule has 3 rings (SSSR count). The first-order valence-electron chi connectivity index (χ1n) is 6.84. The Kier molecular flexibility index (Phi) is 3.26. The van der Waals surface area contributed by atoms with Gasteiger partial charge in [-0.25, -0.2) is 0 Å². The molecule has 0 saturated heterocycles. The molecule has 1 unspecified atom stereocenters. The van der Waals surface area contributed by atoms with E-state index in [1.54, 1.807) is 0 Å². The van der Waals surface area contributed by atoms with E-state index in [1.165, 1.54) is 5.56 Å². The van der Waals surface area contributed by atoms with Crippen molar-refractivity contribution in [3.63, 3.8) is 0 Å². The van der Waals surface area contributed by atoms with Crippen LogP contribution in [0.5, 0.6) is 11.5 Å². The number of fused-ring (bicyclic) bond motifs is 2. The molecule has 19 heavy (non-hydrogen) atoms. The summed E-state index contributed by atoms with van der Waals surface area (Å²) in [6, 6.07) is 14.1. The number of hydrogen-bond acceptors (Lipinski definition) is 2. The van der Waals surface area contributed by atoms with E-state index in [2.05, 4.69) is 19.1 Å². The van der Waals surface area contributed by atoms with Crippen LogP contribution < -0.4 is 4.74 Å². The molecule has 1 heterocycles. The van der Waals surface area contributed by atoms with Crippen LogP contribution >= 0.6 is 0 Å². The van der Waals surface area contributed by atoms with Crippen LogP contribution in [-0.2, 0) is 6.42 Å². The minimum atomic E-state index is -0.368. The second-order valence-corrected chi connectivity index (χ2v) is 5.06.